The summed E-state index contributed by atoms with van der Waals surface area (Å²) < 4.78 is 13.6. The number of aliphatic carboxylic acids is 1. The predicted octanol–water partition coefficient (Wildman–Crippen LogP) is 3.25. The van der Waals surface area contributed by atoms with Gasteiger partial charge >= 0.3 is 5.97 Å². The number of piperidine rings is 1. The van der Waals surface area contributed by atoms with E-state index in [9.17, 15) is 14.3 Å². The van der Waals surface area contributed by atoms with Crippen LogP contribution in [-0.2, 0) is 4.79 Å². The van der Waals surface area contributed by atoms with Crippen LogP contribution in [0.2, 0.25) is 0 Å². The van der Waals surface area contributed by atoms with E-state index in [1.165, 1.54) is 12.1 Å². The molecule has 1 aromatic heterocycles. The molecule has 2 bridgehead atoms. The van der Waals surface area contributed by atoms with Gasteiger partial charge < -0.3 is 10.4 Å². The molecule has 3 heterocycles. The fraction of sp³-hybridized carbons (Fsp3) is 0.474. The zero-order chi connectivity index (χ0) is 17.6. The Bertz CT molecular complexity index is 798. The minimum atomic E-state index is -0.751. The lowest BCUT2D eigenvalue weighted by molar-refractivity contribution is -0.144. The number of hydrogen-bond acceptors (Lipinski definition) is 4. The Balaban J connectivity index is 1.54. The number of carbonyl (C=O) groups is 1. The molecule has 2 aliphatic rings. The van der Waals surface area contributed by atoms with Crippen LogP contribution < -0.4 is 5.32 Å². The molecule has 3 atom stereocenters. The predicted molar refractivity (Wildman–Crippen MR) is 94.1 cm³/mol. The Kier molecular flexibility index (Phi) is 4.07. The molecule has 1 aromatic carbocycles. The smallest absolute Gasteiger partial charge is 0.320 e. The van der Waals surface area contributed by atoms with E-state index in [0.29, 0.717) is 12.1 Å². The molecule has 0 aliphatic carbocycles. The lowest BCUT2D eigenvalue weighted by Crippen LogP contribution is -2.53. The minimum Gasteiger partial charge on any atom is -0.480 e. The normalized spacial score (nSPS) is 27.4. The number of rotatable bonds is 4. The van der Waals surface area contributed by atoms with E-state index < -0.39 is 12.0 Å². The highest BCUT2D eigenvalue weighted by molar-refractivity contribution is 5.91. The summed E-state index contributed by atoms with van der Waals surface area (Å²) in [5.41, 5.74) is 1.67. The Morgan fingerprint density at radius 3 is 2.72 bits per heavy atom. The van der Waals surface area contributed by atoms with Crippen LogP contribution in [0.5, 0.6) is 0 Å². The van der Waals surface area contributed by atoms with Crippen molar-refractivity contribution in [2.75, 3.05) is 5.32 Å². The Labute approximate surface area is 145 Å². The summed E-state index contributed by atoms with van der Waals surface area (Å²) in [5.74, 6) is -1.02. The number of aromatic nitrogens is 1. The first kappa shape index (κ1) is 16.3. The number of halogens is 1. The van der Waals surface area contributed by atoms with E-state index in [4.69, 9.17) is 0 Å². The molecule has 2 aromatic rings. The van der Waals surface area contributed by atoms with Crippen LogP contribution in [0.25, 0.3) is 10.9 Å². The third-order valence-electron chi connectivity index (χ3n) is 5.66. The maximum absolute atomic E-state index is 13.6. The number of pyridine rings is 1. The molecule has 2 N–H and O–H groups in total. The quantitative estimate of drug-likeness (QED) is 0.892. The molecule has 6 heteroatoms. The molecule has 5 nitrogen and oxygen atoms in total. The first-order valence-corrected chi connectivity index (χ1v) is 8.84. The summed E-state index contributed by atoms with van der Waals surface area (Å²) >= 11 is 0. The van der Waals surface area contributed by atoms with Crippen LogP contribution in [0.3, 0.4) is 0 Å². The number of fused-ring (bicyclic) bond motifs is 3. The van der Waals surface area contributed by atoms with E-state index in [0.717, 1.165) is 42.3 Å². The van der Waals surface area contributed by atoms with Crippen molar-refractivity contribution < 1.29 is 14.3 Å². The highest BCUT2D eigenvalue weighted by Gasteiger charge is 2.44. The molecule has 25 heavy (non-hydrogen) atoms. The van der Waals surface area contributed by atoms with Gasteiger partial charge in [-0.2, -0.15) is 0 Å². The van der Waals surface area contributed by atoms with Gasteiger partial charge in [-0.25, -0.2) is 4.39 Å². The Morgan fingerprint density at radius 1 is 1.32 bits per heavy atom. The zero-order valence-electron chi connectivity index (χ0n) is 14.2. The van der Waals surface area contributed by atoms with Gasteiger partial charge in [0.05, 0.1) is 5.52 Å². The van der Waals surface area contributed by atoms with Gasteiger partial charge in [-0.1, -0.05) is 0 Å². The van der Waals surface area contributed by atoms with Crippen LogP contribution in [-0.4, -0.2) is 45.1 Å². The summed E-state index contributed by atoms with van der Waals surface area (Å²) in [6.45, 7) is 1.78. The van der Waals surface area contributed by atoms with Crippen molar-refractivity contribution in [3.05, 3.63) is 36.3 Å². The first-order valence-electron chi connectivity index (χ1n) is 8.84. The highest BCUT2D eigenvalue weighted by Crippen LogP contribution is 2.38. The van der Waals surface area contributed by atoms with Gasteiger partial charge in [0.15, 0.2) is 0 Å². The maximum Gasteiger partial charge on any atom is 0.320 e. The molecular weight excluding hydrogens is 321 g/mol. The second kappa shape index (κ2) is 6.26. The van der Waals surface area contributed by atoms with Crippen molar-refractivity contribution >= 4 is 22.6 Å². The van der Waals surface area contributed by atoms with Gasteiger partial charge in [-0.05, 0) is 56.9 Å². The summed E-state index contributed by atoms with van der Waals surface area (Å²) in [4.78, 5) is 17.8. The molecule has 0 radical (unpaired) electrons. The second-order valence-electron chi connectivity index (χ2n) is 7.18. The minimum absolute atomic E-state index is 0.267. The van der Waals surface area contributed by atoms with Gasteiger partial charge in [0.1, 0.15) is 11.9 Å². The van der Waals surface area contributed by atoms with Crippen LogP contribution in [0.15, 0.2) is 30.5 Å². The van der Waals surface area contributed by atoms with Gasteiger partial charge in [-0.3, -0.25) is 14.7 Å². The number of carboxylic acid groups (broad SMARTS) is 1. The van der Waals surface area contributed by atoms with E-state index in [1.54, 1.807) is 19.2 Å². The lowest BCUT2D eigenvalue weighted by atomic mass is 9.95. The topological polar surface area (TPSA) is 65.5 Å². The van der Waals surface area contributed by atoms with Crippen molar-refractivity contribution in [3.8, 4) is 0 Å². The van der Waals surface area contributed by atoms with Crippen molar-refractivity contribution in [1.29, 1.82) is 0 Å². The number of carboxylic acids is 1. The van der Waals surface area contributed by atoms with Crippen LogP contribution in [0, 0.1) is 5.82 Å². The molecule has 2 fully saturated rings. The monoisotopic (exact) mass is 343 g/mol. The summed E-state index contributed by atoms with van der Waals surface area (Å²) in [6, 6.07) is 6.94. The SMILES string of the molecule is CC(C(=O)O)N1C2CCC1CC(Nc1ccnc3ccc(F)cc13)C2. The molecule has 3 unspecified atom stereocenters. The third kappa shape index (κ3) is 2.95. The summed E-state index contributed by atoms with van der Waals surface area (Å²) in [5, 5.41) is 13.7. The van der Waals surface area contributed by atoms with Crippen LogP contribution >= 0.6 is 0 Å². The first-order chi connectivity index (χ1) is 12.0. The highest BCUT2D eigenvalue weighted by atomic mass is 19.1. The number of nitrogens with zero attached hydrogens (tertiary/aromatic N) is 2. The second-order valence-corrected chi connectivity index (χ2v) is 7.18. The average Bonchev–Trinajstić information content (AvgIpc) is 2.85. The van der Waals surface area contributed by atoms with E-state index in [-0.39, 0.29) is 11.9 Å². The molecule has 4 rings (SSSR count). The molecular formula is C19H22FN3O2. The van der Waals surface area contributed by atoms with Crippen molar-refractivity contribution in [1.82, 2.24) is 9.88 Å². The van der Waals surface area contributed by atoms with Gasteiger partial charge in [0.2, 0.25) is 0 Å². The fourth-order valence-corrected chi connectivity index (χ4v) is 4.56. The lowest BCUT2D eigenvalue weighted by Gasteiger charge is -2.41. The molecule has 0 spiro atoms. The summed E-state index contributed by atoms with van der Waals surface area (Å²) in [7, 11) is 0. The van der Waals surface area contributed by atoms with E-state index in [1.807, 2.05) is 6.07 Å². The number of hydrogen-bond donors (Lipinski definition) is 2. The number of nitrogens with one attached hydrogen (secondary N) is 1. The zero-order valence-corrected chi connectivity index (χ0v) is 14.2. The fourth-order valence-electron chi connectivity index (χ4n) is 4.56. The van der Waals surface area contributed by atoms with E-state index >= 15 is 0 Å². The van der Waals surface area contributed by atoms with Crippen molar-refractivity contribution in [2.45, 2.75) is 56.8 Å². The summed E-state index contributed by atoms with van der Waals surface area (Å²) in [6.07, 6.45) is 5.65. The van der Waals surface area contributed by atoms with Crippen LogP contribution in [0.1, 0.15) is 32.6 Å². The number of anilines is 1. The molecule has 2 saturated heterocycles. The van der Waals surface area contributed by atoms with Crippen molar-refractivity contribution in [3.63, 3.8) is 0 Å². The van der Waals surface area contributed by atoms with Crippen molar-refractivity contribution in [2.24, 2.45) is 0 Å². The standard InChI is InChI=1S/C19H22FN3O2/c1-11(19(24)25)23-14-3-4-15(23)10-13(9-14)22-18-6-7-21-17-5-2-12(20)8-16(17)18/h2,5-8,11,13-15H,3-4,9-10H2,1H3,(H,21,22)(H,24,25). The number of benzene rings is 1. The third-order valence-corrected chi connectivity index (χ3v) is 5.66. The van der Waals surface area contributed by atoms with Gasteiger partial charge in [0, 0.05) is 35.4 Å². The Hall–Kier alpha value is -2.21. The molecule has 0 amide bonds. The molecule has 0 saturated carbocycles. The van der Waals surface area contributed by atoms with Gasteiger partial charge in [-0.15, -0.1) is 0 Å². The Morgan fingerprint density at radius 2 is 2.04 bits per heavy atom. The van der Waals surface area contributed by atoms with E-state index in [2.05, 4.69) is 15.2 Å². The molecule has 2 aliphatic heterocycles. The van der Waals surface area contributed by atoms with Gasteiger partial charge in [0.25, 0.3) is 0 Å². The molecule has 132 valence electrons. The average molecular weight is 343 g/mol. The maximum atomic E-state index is 13.6. The van der Waals surface area contributed by atoms with Crippen LogP contribution in [0.4, 0.5) is 10.1 Å². The largest absolute Gasteiger partial charge is 0.480 e.